The number of aliphatic hydroxyl groups is 1. The van der Waals surface area contributed by atoms with Crippen molar-refractivity contribution >= 4 is 29.5 Å². The molecule has 0 bridgehead atoms. The van der Waals surface area contributed by atoms with Crippen LogP contribution in [0.5, 0.6) is 0 Å². The average molecular weight is 514 g/mol. The van der Waals surface area contributed by atoms with Gasteiger partial charge in [0.15, 0.2) is 5.78 Å². The Kier molecular flexibility index (Phi) is 8.05. The minimum absolute atomic E-state index is 0.0347. The number of hydrogen-bond donors (Lipinski definition) is 1. The fraction of sp³-hybridized carbons (Fsp3) is 0.571. The van der Waals surface area contributed by atoms with Gasteiger partial charge in [-0.05, 0) is 68.6 Å². The van der Waals surface area contributed by atoms with Crippen molar-refractivity contribution in [3.8, 4) is 0 Å². The Bertz CT molecular complexity index is 1030. The zero-order valence-electron chi connectivity index (χ0n) is 21.3. The summed E-state index contributed by atoms with van der Waals surface area (Å²) in [6.07, 6.45) is 9.59. The lowest BCUT2D eigenvalue weighted by molar-refractivity contribution is -0.171. The zero-order valence-corrected chi connectivity index (χ0v) is 22.1. The number of fused-ring (bicyclic) bond motifs is 1. The van der Waals surface area contributed by atoms with Gasteiger partial charge in [0.2, 0.25) is 6.10 Å². The molecule has 0 spiro atoms. The lowest BCUT2D eigenvalue weighted by Crippen LogP contribution is -2.45. The third-order valence-corrected chi connectivity index (χ3v) is 8.61. The zero-order chi connectivity index (χ0) is 26.0. The molecule has 1 saturated heterocycles. The normalized spacial score (nSPS) is 32.4. The number of hydrogen-bond acceptors (Lipinski definition) is 8. The number of pyridine rings is 1. The molecular formula is C28H35NO6S. The van der Waals surface area contributed by atoms with Crippen LogP contribution < -0.4 is 0 Å². The van der Waals surface area contributed by atoms with Crippen LogP contribution in [0.25, 0.3) is 0 Å². The third-order valence-electron chi connectivity index (χ3n) is 7.43. The van der Waals surface area contributed by atoms with Crippen molar-refractivity contribution in [2.24, 2.45) is 23.7 Å². The predicted molar refractivity (Wildman–Crippen MR) is 136 cm³/mol. The molecule has 8 heteroatoms. The van der Waals surface area contributed by atoms with Gasteiger partial charge < -0.3 is 14.6 Å². The van der Waals surface area contributed by atoms with Gasteiger partial charge in [0, 0.05) is 29.6 Å². The summed E-state index contributed by atoms with van der Waals surface area (Å²) in [5.74, 6) is -0.870. The van der Waals surface area contributed by atoms with Gasteiger partial charge in [0.1, 0.15) is 17.0 Å². The number of carbonyl (C=O) groups is 3. The van der Waals surface area contributed by atoms with Gasteiger partial charge in [0.25, 0.3) is 0 Å². The van der Waals surface area contributed by atoms with Crippen LogP contribution in [0.15, 0.2) is 53.2 Å². The van der Waals surface area contributed by atoms with Crippen LogP contribution in [0.1, 0.15) is 53.4 Å². The number of aliphatic hydroxyl groups excluding tert-OH is 1. The molecule has 0 saturated carbocycles. The molecule has 7 nitrogen and oxygen atoms in total. The first kappa shape index (κ1) is 26.6. The van der Waals surface area contributed by atoms with Crippen molar-refractivity contribution in [1.82, 2.24) is 4.98 Å². The number of ether oxygens (including phenoxy) is 2. The Balaban J connectivity index is 1.48. The minimum atomic E-state index is -1.66. The maximum Gasteiger partial charge on any atom is 0.343 e. The number of carbonyl (C=O) groups excluding carboxylic acids is 3. The molecule has 2 heterocycles. The van der Waals surface area contributed by atoms with Crippen molar-refractivity contribution in [2.45, 2.75) is 81.3 Å². The number of esters is 2. The first-order valence-corrected chi connectivity index (χ1v) is 13.5. The van der Waals surface area contributed by atoms with Crippen molar-refractivity contribution in [3.63, 3.8) is 0 Å². The van der Waals surface area contributed by atoms with Crippen LogP contribution in [0.3, 0.4) is 0 Å². The van der Waals surface area contributed by atoms with Crippen molar-refractivity contribution in [2.75, 3.05) is 0 Å². The first-order valence-electron chi connectivity index (χ1n) is 12.7. The maximum absolute atomic E-state index is 13.4. The van der Waals surface area contributed by atoms with Gasteiger partial charge in [-0.2, -0.15) is 0 Å². The average Bonchev–Trinajstić information content (AvgIpc) is 2.82. The van der Waals surface area contributed by atoms with Crippen LogP contribution in [-0.2, 0) is 23.9 Å². The van der Waals surface area contributed by atoms with Crippen molar-refractivity contribution < 1.29 is 29.0 Å². The molecule has 1 N–H and O–H groups in total. The molecule has 0 radical (unpaired) electrons. The molecule has 0 aromatic carbocycles. The summed E-state index contributed by atoms with van der Waals surface area (Å²) in [5.41, 5.74) is 1.18. The third kappa shape index (κ3) is 5.92. The monoisotopic (exact) mass is 513 g/mol. The summed E-state index contributed by atoms with van der Waals surface area (Å²) in [6.45, 7) is 8.06. The molecule has 1 fully saturated rings. The fourth-order valence-corrected chi connectivity index (χ4v) is 6.50. The van der Waals surface area contributed by atoms with Crippen LogP contribution >= 0.6 is 11.8 Å². The van der Waals surface area contributed by atoms with E-state index in [1.807, 2.05) is 26.0 Å². The van der Waals surface area contributed by atoms with E-state index in [9.17, 15) is 19.5 Å². The van der Waals surface area contributed by atoms with E-state index < -0.39 is 28.7 Å². The van der Waals surface area contributed by atoms with Crippen LogP contribution in [-0.4, -0.2) is 50.9 Å². The van der Waals surface area contributed by atoms with Gasteiger partial charge in [-0.3, -0.25) is 14.6 Å². The van der Waals surface area contributed by atoms with Gasteiger partial charge in [-0.25, -0.2) is 4.79 Å². The molecule has 0 amide bonds. The second kappa shape index (κ2) is 10.9. The van der Waals surface area contributed by atoms with E-state index in [1.54, 1.807) is 12.4 Å². The molecule has 2 aliphatic carbocycles. The second-order valence-electron chi connectivity index (χ2n) is 10.7. The SMILES string of the molecule is C[C@H]1C=C2C=C[C@H](C)[C@H](CC[C@@H]3CC(=O)C(O)C(=O)O3)[C@H]2[C@@H](OC(=O)C(C)(C)Sc2ccncc2)C1. The van der Waals surface area contributed by atoms with E-state index in [0.717, 1.165) is 11.3 Å². The maximum atomic E-state index is 13.4. The lowest BCUT2D eigenvalue weighted by atomic mass is 9.65. The number of thioether (sulfide) groups is 1. The van der Waals surface area contributed by atoms with Crippen molar-refractivity contribution in [3.05, 3.63) is 48.3 Å². The fourth-order valence-electron chi connectivity index (χ4n) is 5.52. The highest BCUT2D eigenvalue weighted by Crippen LogP contribution is 2.46. The molecule has 1 aromatic heterocycles. The smallest absolute Gasteiger partial charge is 0.343 e. The van der Waals surface area contributed by atoms with Crippen LogP contribution in [0.2, 0.25) is 0 Å². The second-order valence-corrected chi connectivity index (χ2v) is 12.4. The quantitative estimate of drug-likeness (QED) is 0.327. The summed E-state index contributed by atoms with van der Waals surface area (Å²) >= 11 is 1.46. The molecule has 36 heavy (non-hydrogen) atoms. The molecule has 1 aliphatic heterocycles. The molecule has 194 valence electrons. The van der Waals surface area contributed by atoms with Gasteiger partial charge in [0.05, 0.1) is 0 Å². The molecule has 7 atom stereocenters. The Morgan fingerprint density at radius 2 is 1.94 bits per heavy atom. The summed E-state index contributed by atoms with van der Waals surface area (Å²) in [7, 11) is 0. The van der Waals surface area contributed by atoms with E-state index in [1.165, 1.54) is 17.3 Å². The highest BCUT2D eigenvalue weighted by molar-refractivity contribution is 8.01. The highest BCUT2D eigenvalue weighted by Gasteiger charge is 2.44. The summed E-state index contributed by atoms with van der Waals surface area (Å²) in [6, 6.07) is 3.77. The molecule has 1 unspecified atom stereocenters. The number of rotatable bonds is 7. The van der Waals surface area contributed by atoms with E-state index in [2.05, 4.69) is 37.1 Å². The Morgan fingerprint density at radius 1 is 1.22 bits per heavy atom. The topological polar surface area (TPSA) is 103 Å². The summed E-state index contributed by atoms with van der Waals surface area (Å²) < 4.78 is 10.8. The molecular weight excluding hydrogens is 478 g/mol. The number of Topliss-reactive ketones (excluding diaryl/α,β-unsaturated/α-hetero) is 1. The standard InChI is InChI=1S/C28H35NO6S/c1-16-13-18-6-5-17(2)21(8-7-19-15-22(30)25(31)26(32)34-19)24(18)23(14-16)35-27(33)28(3,4)36-20-9-11-29-12-10-20/h5-6,9-13,16-17,19,21,23-25,31H,7-8,14-15H2,1-4H3/t16-,17-,19+,21-,23-,24-,25?/m0/s1. The number of nitrogens with zero attached hydrogens (tertiary/aromatic N) is 1. The number of aromatic nitrogens is 1. The minimum Gasteiger partial charge on any atom is -0.461 e. The van der Waals surface area contributed by atoms with Crippen LogP contribution in [0, 0.1) is 23.7 Å². The summed E-state index contributed by atoms with van der Waals surface area (Å²) in [4.78, 5) is 42.2. The Morgan fingerprint density at radius 3 is 2.64 bits per heavy atom. The summed E-state index contributed by atoms with van der Waals surface area (Å²) in [5, 5.41) is 9.59. The largest absolute Gasteiger partial charge is 0.461 e. The highest BCUT2D eigenvalue weighted by atomic mass is 32.2. The van der Waals surface area contributed by atoms with E-state index in [-0.39, 0.29) is 42.2 Å². The molecule has 3 aliphatic rings. The number of ketones is 1. The Labute approximate surface area is 216 Å². The number of allylic oxidation sites excluding steroid dienone is 3. The molecule has 1 aromatic rings. The lowest BCUT2D eigenvalue weighted by Gasteiger charge is -2.44. The van der Waals surface area contributed by atoms with E-state index in [0.29, 0.717) is 12.8 Å². The van der Waals surface area contributed by atoms with Gasteiger partial charge in [-0.15, -0.1) is 11.8 Å². The van der Waals surface area contributed by atoms with Crippen LogP contribution in [0.4, 0.5) is 0 Å². The van der Waals surface area contributed by atoms with Gasteiger partial charge in [-0.1, -0.05) is 32.1 Å². The van der Waals surface area contributed by atoms with Gasteiger partial charge >= 0.3 is 11.9 Å². The molecule has 4 rings (SSSR count). The Hall–Kier alpha value is -2.45. The van der Waals surface area contributed by atoms with E-state index >= 15 is 0 Å². The van der Waals surface area contributed by atoms with Crippen molar-refractivity contribution in [1.29, 1.82) is 0 Å². The first-order chi connectivity index (χ1) is 17.0. The van der Waals surface area contributed by atoms with E-state index in [4.69, 9.17) is 9.47 Å². The number of cyclic esters (lactones) is 1. The predicted octanol–water partition coefficient (Wildman–Crippen LogP) is 4.29.